The van der Waals surface area contributed by atoms with E-state index in [1.165, 1.54) is 23.2 Å². The molecule has 0 aliphatic carbocycles. The van der Waals surface area contributed by atoms with Gasteiger partial charge in [0.1, 0.15) is 0 Å². The van der Waals surface area contributed by atoms with Gasteiger partial charge >= 0.3 is 0 Å². The van der Waals surface area contributed by atoms with Crippen molar-refractivity contribution in [1.29, 1.82) is 0 Å². The molecule has 0 aromatic heterocycles. The Morgan fingerprint density at radius 1 is 1.33 bits per heavy atom. The van der Waals surface area contributed by atoms with Crippen LogP contribution in [-0.4, -0.2) is 6.54 Å². The molecule has 2 aromatic carbocycles. The minimum absolute atomic E-state index is 0.786. The van der Waals surface area contributed by atoms with E-state index in [0.717, 1.165) is 40.3 Å². The van der Waals surface area contributed by atoms with Gasteiger partial charge in [0.05, 0.1) is 5.69 Å². The first-order valence-corrected chi connectivity index (χ1v) is 8.36. The van der Waals surface area contributed by atoms with Crippen LogP contribution in [-0.2, 0) is 13.0 Å². The Labute approximate surface area is 139 Å². The third kappa shape index (κ3) is 3.19. The Balaban J connectivity index is 1.81. The predicted molar refractivity (Wildman–Crippen MR) is 94.5 cm³/mol. The highest BCUT2D eigenvalue weighted by molar-refractivity contribution is 9.10. The molecule has 0 amide bonds. The van der Waals surface area contributed by atoms with Gasteiger partial charge in [-0.25, -0.2) is 0 Å². The van der Waals surface area contributed by atoms with Crippen molar-refractivity contribution in [1.82, 2.24) is 0 Å². The molecule has 3 rings (SSSR count). The molecule has 110 valence electrons. The highest BCUT2D eigenvalue weighted by Crippen LogP contribution is 2.31. The Hall–Kier alpha value is -1.19. The van der Waals surface area contributed by atoms with Gasteiger partial charge < -0.3 is 10.6 Å². The topological polar surface area (TPSA) is 24.1 Å². The van der Waals surface area contributed by atoms with Crippen molar-refractivity contribution < 1.29 is 0 Å². The van der Waals surface area contributed by atoms with E-state index in [4.69, 9.17) is 11.6 Å². The first kappa shape index (κ1) is 14.7. The maximum atomic E-state index is 6.21. The number of nitrogens with one attached hydrogen (secondary N) is 2. The van der Waals surface area contributed by atoms with Crippen molar-refractivity contribution in [3.8, 4) is 0 Å². The number of hydrogen-bond donors (Lipinski definition) is 2. The van der Waals surface area contributed by atoms with Crippen LogP contribution in [0.5, 0.6) is 0 Å². The van der Waals surface area contributed by atoms with Gasteiger partial charge in [0.25, 0.3) is 0 Å². The number of anilines is 2. The second kappa shape index (κ2) is 6.29. The van der Waals surface area contributed by atoms with E-state index in [9.17, 15) is 0 Å². The summed E-state index contributed by atoms with van der Waals surface area (Å²) < 4.78 is 1.04. The summed E-state index contributed by atoms with van der Waals surface area (Å²) in [6.45, 7) is 3.85. The average Bonchev–Trinajstić information content (AvgIpc) is 2.49. The normalized spacial score (nSPS) is 13.5. The highest BCUT2D eigenvalue weighted by atomic mass is 79.9. The molecular weight excluding hydrogens is 348 g/mol. The van der Waals surface area contributed by atoms with Gasteiger partial charge in [-0.15, -0.1) is 0 Å². The van der Waals surface area contributed by atoms with Crippen molar-refractivity contribution in [2.24, 2.45) is 0 Å². The smallest absolute Gasteiger partial charge is 0.0502 e. The van der Waals surface area contributed by atoms with E-state index in [-0.39, 0.29) is 0 Å². The van der Waals surface area contributed by atoms with Gasteiger partial charge in [-0.3, -0.25) is 0 Å². The first-order chi connectivity index (χ1) is 10.1. The molecule has 1 aliphatic rings. The lowest BCUT2D eigenvalue weighted by Crippen LogP contribution is -2.15. The number of halogens is 2. The monoisotopic (exact) mass is 364 g/mol. The van der Waals surface area contributed by atoms with Crippen LogP contribution in [0.1, 0.15) is 23.1 Å². The fourth-order valence-corrected chi connectivity index (χ4v) is 3.46. The Kier molecular flexibility index (Phi) is 4.41. The van der Waals surface area contributed by atoms with Crippen LogP contribution >= 0.6 is 27.5 Å². The lowest BCUT2D eigenvalue weighted by molar-refractivity contribution is 0.825. The van der Waals surface area contributed by atoms with Crippen LogP contribution in [0.3, 0.4) is 0 Å². The third-order valence-corrected chi connectivity index (χ3v) is 4.94. The van der Waals surface area contributed by atoms with Gasteiger partial charge in [0.15, 0.2) is 0 Å². The second-order valence-corrected chi connectivity index (χ2v) is 6.68. The quantitative estimate of drug-likeness (QED) is 0.763. The summed E-state index contributed by atoms with van der Waals surface area (Å²) in [6.07, 6.45) is 2.37. The number of para-hydroxylation sites is 1. The molecule has 0 bridgehead atoms. The van der Waals surface area contributed by atoms with E-state index in [0.29, 0.717) is 0 Å². The molecule has 21 heavy (non-hydrogen) atoms. The van der Waals surface area contributed by atoms with Crippen molar-refractivity contribution in [2.45, 2.75) is 26.3 Å². The van der Waals surface area contributed by atoms with E-state index in [1.54, 1.807) is 0 Å². The lowest BCUT2D eigenvalue weighted by Gasteiger charge is -2.22. The highest BCUT2D eigenvalue weighted by Gasteiger charge is 2.12. The molecule has 2 N–H and O–H groups in total. The Bertz CT molecular complexity index is 670. The van der Waals surface area contributed by atoms with E-state index in [2.05, 4.69) is 44.8 Å². The molecule has 1 aliphatic heterocycles. The summed E-state index contributed by atoms with van der Waals surface area (Å²) >= 11 is 9.80. The fraction of sp³-hybridized carbons (Fsp3) is 0.294. The summed E-state index contributed by atoms with van der Waals surface area (Å²) in [5, 5.41) is 7.79. The Morgan fingerprint density at radius 2 is 2.19 bits per heavy atom. The molecule has 0 fully saturated rings. The van der Waals surface area contributed by atoms with Crippen molar-refractivity contribution in [2.75, 3.05) is 17.2 Å². The minimum Gasteiger partial charge on any atom is -0.385 e. The summed E-state index contributed by atoms with van der Waals surface area (Å²) in [5.74, 6) is 0. The molecule has 2 nitrogen and oxygen atoms in total. The van der Waals surface area contributed by atoms with Crippen LogP contribution in [0.4, 0.5) is 11.4 Å². The summed E-state index contributed by atoms with van der Waals surface area (Å²) in [7, 11) is 0. The average molecular weight is 366 g/mol. The molecule has 0 spiro atoms. The number of benzene rings is 2. The van der Waals surface area contributed by atoms with Gasteiger partial charge in [-0.05, 0) is 64.5 Å². The van der Waals surface area contributed by atoms with Crippen LogP contribution in [0.25, 0.3) is 0 Å². The van der Waals surface area contributed by atoms with Crippen molar-refractivity contribution >= 4 is 38.9 Å². The summed E-state index contributed by atoms with van der Waals surface area (Å²) in [4.78, 5) is 0. The molecule has 0 radical (unpaired) electrons. The van der Waals surface area contributed by atoms with Gasteiger partial charge in [-0.1, -0.05) is 29.8 Å². The minimum atomic E-state index is 0.786. The van der Waals surface area contributed by atoms with Crippen LogP contribution in [0, 0.1) is 6.92 Å². The van der Waals surface area contributed by atoms with Crippen LogP contribution in [0.2, 0.25) is 5.02 Å². The second-order valence-electron chi connectivity index (χ2n) is 5.42. The SMILES string of the molecule is Cc1cc(Br)c(NCc2cccc3c2NCCC3)cc1Cl. The molecule has 0 atom stereocenters. The van der Waals surface area contributed by atoms with Crippen molar-refractivity contribution in [3.63, 3.8) is 0 Å². The van der Waals surface area contributed by atoms with Gasteiger partial charge in [0.2, 0.25) is 0 Å². The van der Waals surface area contributed by atoms with Crippen molar-refractivity contribution in [3.05, 3.63) is 56.5 Å². The predicted octanol–water partition coefficient (Wildman–Crippen LogP) is 5.38. The molecule has 1 heterocycles. The zero-order valence-electron chi connectivity index (χ0n) is 12.0. The van der Waals surface area contributed by atoms with Crippen LogP contribution < -0.4 is 10.6 Å². The number of rotatable bonds is 3. The Morgan fingerprint density at radius 3 is 3.05 bits per heavy atom. The van der Waals surface area contributed by atoms with E-state index < -0.39 is 0 Å². The third-order valence-electron chi connectivity index (χ3n) is 3.88. The fourth-order valence-electron chi connectivity index (χ4n) is 2.70. The summed E-state index contributed by atoms with van der Waals surface area (Å²) in [5.41, 5.74) is 6.12. The maximum Gasteiger partial charge on any atom is 0.0502 e. The maximum absolute atomic E-state index is 6.21. The van der Waals surface area contributed by atoms with Gasteiger partial charge in [-0.2, -0.15) is 0 Å². The largest absolute Gasteiger partial charge is 0.385 e. The van der Waals surface area contributed by atoms with E-state index >= 15 is 0 Å². The first-order valence-electron chi connectivity index (χ1n) is 7.19. The molecular formula is C17H18BrClN2. The molecule has 0 saturated carbocycles. The molecule has 0 saturated heterocycles. The standard InChI is InChI=1S/C17H18BrClN2/c1-11-8-14(18)16(9-15(11)19)21-10-13-5-2-4-12-6-3-7-20-17(12)13/h2,4-5,8-9,20-21H,3,6-7,10H2,1H3. The molecule has 4 heteroatoms. The van der Waals surface area contributed by atoms with Gasteiger partial charge in [0, 0.05) is 28.3 Å². The lowest BCUT2D eigenvalue weighted by atomic mass is 9.99. The number of hydrogen-bond acceptors (Lipinski definition) is 2. The zero-order valence-corrected chi connectivity index (χ0v) is 14.3. The summed E-state index contributed by atoms with van der Waals surface area (Å²) in [6, 6.07) is 10.5. The molecule has 2 aromatic rings. The zero-order chi connectivity index (χ0) is 14.8. The van der Waals surface area contributed by atoms with Crippen LogP contribution in [0.15, 0.2) is 34.8 Å². The molecule has 0 unspecified atom stereocenters. The number of aryl methyl sites for hydroxylation is 2. The number of fused-ring (bicyclic) bond motifs is 1. The van der Waals surface area contributed by atoms with E-state index in [1.807, 2.05) is 19.1 Å².